The molecule has 124 valence electrons. The molecule has 2 N–H and O–H groups in total. The number of anilines is 1. The van der Waals surface area contributed by atoms with E-state index in [1.54, 1.807) is 0 Å². The summed E-state index contributed by atoms with van der Waals surface area (Å²) in [5, 5.41) is 13.1. The van der Waals surface area contributed by atoms with Gasteiger partial charge in [0.15, 0.2) is 0 Å². The topological polar surface area (TPSA) is 35.5 Å². The standard InChI is InChI=1S/C19H32N2O/c1-15(2)16-7-9-17(10-8-16)20-18-6-5-11-21(12-18)13-19(3,4)14-22/h7-10,15,18,20,22H,5-6,11-14H2,1-4H3/t18-/m1/s1. The van der Waals surface area contributed by atoms with Gasteiger partial charge in [-0.05, 0) is 43.0 Å². The van der Waals surface area contributed by atoms with Crippen LogP contribution in [0, 0.1) is 5.41 Å². The molecule has 0 spiro atoms. The molecule has 3 nitrogen and oxygen atoms in total. The summed E-state index contributed by atoms with van der Waals surface area (Å²) in [6, 6.07) is 9.36. The highest BCUT2D eigenvalue weighted by Gasteiger charge is 2.25. The fourth-order valence-electron chi connectivity index (χ4n) is 3.17. The zero-order chi connectivity index (χ0) is 16.2. The first-order chi connectivity index (χ1) is 10.4. The lowest BCUT2D eigenvalue weighted by molar-refractivity contribution is 0.0894. The molecule has 0 bridgehead atoms. The van der Waals surface area contributed by atoms with E-state index in [-0.39, 0.29) is 12.0 Å². The summed E-state index contributed by atoms with van der Waals surface area (Å²) in [5.74, 6) is 0.583. The Kier molecular flexibility index (Phi) is 5.87. The molecule has 1 aromatic carbocycles. The molecule has 1 aliphatic heterocycles. The summed E-state index contributed by atoms with van der Waals surface area (Å²) in [4.78, 5) is 2.49. The van der Waals surface area contributed by atoms with Gasteiger partial charge in [0, 0.05) is 36.8 Å². The van der Waals surface area contributed by atoms with Crippen LogP contribution in [0.15, 0.2) is 24.3 Å². The highest BCUT2D eigenvalue weighted by Crippen LogP contribution is 2.22. The fourth-order valence-corrected chi connectivity index (χ4v) is 3.17. The second-order valence-corrected chi connectivity index (χ2v) is 7.82. The Morgan fingerprint density at radius 1 is 1.27 bits per heavy atom. The number of aliphatic hydroxyl groups excluding tert-OH is 1. The number of aliphatic hydroxyl groups is 1. The summed E-state index contributed by atoms with van der Waals surface area (Å²) < 4.78 is 0. The Morgan fingerprint density at radius 2 is 1.95 bits per heavy atom. The van der Waals surface area contributed by atoms with Crippen molar-refractivity contribution in [3.8, 4) is 0 Å². The number of nitrogens with one attached hydrogen (secondary N) is 1. The number of hydrogen-bond acceptors (Lipinski definition) is 3. The van der Waals surface area contributed by atoms with Gasteiger partial charge in [0.05, 0.1) is 0 Å². The molecule has 0 amide bonds. The predicted molar refractivity (Wildman–Crippen MR) is 94.5 cm³/mol. The van der Waals surface area contributed by atoms with E-state index in [9.17, 15) is 5.11 Å². The van der Waals surface area contributed by atoms with Crippen LogP contribution in [0.25, 0.3) is 0 Å². The average Bonchev–Trinajstić information content (AvgIpc) is 2.48. The molecule has 0 aliphatic carbocycles. The van der Waals surface area contributed by atoms with E-state index in [0.29, 0.717) is 12.0 Å². The highest BCUT2D eigenvalue weighted by atomic mass is 16.3. The van der Waals surface area contributed by atoms with E-state index >= 15 is 0 Å². The number of piperidine rings is 1. The van der Waals surface area contributed by atoms with Crippen molar-refractivity contribution in [2.24, 2.45) is 5.41 Å². The molecule has 1 saturated heterocycles. The third kappa shape index (κ3) is 4.99. The van der Waals surface area contributed by atoms with Crippen molar-refractivity contribution < 1.29 is 5.11 Å². The van der Waals surface area contributed by atoms with E-state index in [1.807, 2.05) is 0 Å². The van der Waals surface area contributed by atoms with E-state index in [4.69, 9.17) is 0 Å². The maximum absolute atomic E-state index is 9.45. The van der Waals surface area contributed by atoms with Crippen molar-refractivity contribution >= 4 is 5.69 Å². The predicted octanol–water partition coefficient (Wildman–Crippen LogP) is 3.70. The molecule has 1 fully saturated rings. The lowest BCUT2D eigenvalue weighted by Gasteiger charge is -2.37. The molecule has 2 rings (SSSR count). The first kappa shape index (κ1) is 17.3. The second kappa shape index (κ2) is 7.47. The summed E-state index contributed by atoms with van der Waals surface area (Å²) in [7, 11) is 0. The van der Waals surface area contributed by atoms with Crippen LogP contribution < -0.4 is 5.32 Å². The van der Waals surface area contributed by atoms with Crippen molar-refractivity contribution in [3.63, 3.8) is 0 Å². The van der Waals surface area contributed by atoms with Crippen molar-refractivity contribution in [1.29, 1.82) is 0 Å². The minimum atomic E-state index is -0.0131. The van der Waals surface area contributed by atoms with Gasteiger partial charge in [0.25, 0.3) is 0 Å². The van der Waals surface area contributed by atoms with Gasteiger partial charge >= 0.3 is 0 Å². The molecular formula is C19H32N2O. The maximum atomic E-state index is 9.45. The zero-order valence-electron chi connectivity index (χ0n) is 14.6. The number of hydrogen-bond donors (Lipinski definition) is 2. The maximum Gasteiger partial charge on any atom is 0.0494 e. The van der Waals surface area contributed by atoms with Crippen LogP contribution in [0.5, 0.6) is 0 Å². The van der Waals surface area contributed by atoms with Gasteiger partial charge in [-0.25, -0.2) is 0 Å². The smallest absolute Gasteiger partial charge is 0.0494 e. The van der Waals surface area contributed by atoms with E-state index < -0.39 is 0 Å². The average molecular weight is 304 g/mol. The molecule has 1 aliphatic rings. The third-order valence-electron chi connectivity index (χ3n) is 4.53. The Labute approximate surface area is 135 Å². The van der Waals surface area contributed by atoms with Crippen LogP contribution in [0.3, 0.4) is 0 Å². The van der Waals surface area contributed by atoms with Crippen molar-refractivity contribution in [1.82, 2.24) is 4.90 Å². The largest absolute Gasteiger partial charge is 0.396 e. The zero-order valence-corrected chi connectivity index (χ0v) is 14.6. The number of benzene rings is 1. The molecule has 22 heavy (non-hydrogen) atoms. The molecule has 0 aromatic heterocycles. The molecule has 0 unspecified atom stereocenters. The van der Waals surface area contributed by atoms with Crippen LogP contribution in [0.1, 0.15) is 52.0 Å². The van der Waals surface area contributed by atoms with E-state index in [1.165, 1.54) is 24.1 Å². The van der Waals surface area contributed by atoms with Crippen molar-refractivity contribution in [2.45, 2.75) is 52.5 Å². The number of nitrogens with zero attached hydrogens (tertiary/aromatic N) is 1. The van der Waals surface area contributed by atoms with E-state index in [2.05, 4.69) is 62.2 Å². The van der Waals surface area contributed by atoms with Gasteiger partial charge in [-0.15, -0.1) is 0 Å². The van der Waals surface area contributed by atoms with Crippen LogP contribution in [-0.2, 0) is 0 Å². The highest BCUT2D eigenvalue weighted by molar-refractivity contribution is 5.46. The number of rotatable bonds is 6. The monoisotopic (exact) mass is 304 g/mol. The SMILES string of the molecule is CC(C)c1ccc(N[C@@H]2CCCN(CC(C)(C)CO)C2)cc1. The molecule has 1 aromatic rings. The fraction of sp³-hybridized carbons (Fsp3) is 0.684. The van der Waals surface area contributed by atoms with Gasteiger partial charge in [0.1, 0.15) is 0 Å². The summed E-state index contributed by atoms with van der Waals surface area (Å²) >= 11 is 0. The summed E-state index contributed by atoms with van der Waals surface area (Å²) in [6.45, 7) is 12.1. The van der Waals surface area contributed by atoms with Crippen LogP contribution in [-0.4, -0.2) is 42.3 Å². The first-order valence-corrected chi connectivity index (χ1v) is 8.59. The molecular weight excluding hydrogens is 272 g/mol. The van der Waals surface area contributed by atoms with Gasteiger partial charge in [-0.3, -0.25) is 0 Å². The van der Waals surface area contributed by atoms with Gasteiger partial charge < -0.3 is 15.3 Å². The quantitative estimate of drug-likeness (QED) is 0.841. The molecule has 0 radical (unpaired) electrons. The van der Waals surface area contributed by atoms with Crippen LogP contribution in [0.2, 0.25) is 0 Å². The van der Waals surface area contributed by atoms with Crippen molar-refractivity contribution in [3.05, 3.63) is 29.8 Å². The Bertz CT molecular complexity index is 453. The van der Waals surface area contributed by atoms with Crippen molar-refractivity contribution in [2.75, 3.05) is 31.6 Å². The molecule has 3 heteroatoms. The number of likely N-dealkylation sites (tertiary alicyclic amines) is 1. The molecule has 1 heterocycles. The normalized spacial score (nSPS) is 20.4. The van der Waals surface area contributed by atoms with Crippen LogP contribution >= 0.6 is 0 Å². The molecule has 0 saturated carbocycles. The third-order valence-corrected chi connectivity index (χ3v) is 4.53. The first-order valence-electron chi connectivity index (χ1n) is 8.59. The minimum absolute atomic E-state index is 0.0131. The molecule has 1 atom stereocenters. The van der Waals surface area contributed by atoms with Crippen LogP contribution in [0.4, 0.5) is 5.69 Å². The lowest BCUT2D eigenvalue weighted by atomic mass is 9.92. The van der Waals surface area contributed by atoms with Gasteiger partial charge in [0.2, 0.25) is 0 Å². The Hall–Kier alpha value is -1.06. The van der Waals surface area contributed by atoms with Gasteiger partial charge in [-0.2, -0.15) is 0 Å². The summed E-state index contributed by atoms with van der Waals surface area (Å²) in [5.41, 5.74) is 2.60. The van der Waals surface area contributed by atoms with E-state index in [0.717, 1.165) is 19.6 Å². The lowest BCUT2D eigenvalue weighted by Crippen LogP contribution is -2.46. The summed E-state index contributed by atoms with van der Waals surface area (Å²) in [6.07, 6.45) is 2.45. The Morgan fingerprint density at radius 3 is 2.55 bits per heavy atom. The van der Waals surface area contributed by atoms with Gasteiger partial charge in [-0.1, -0.05) is 39.8 Å². The second-order valence-electron chi connectivity index (χ2n) is 7.82. The Balaban J connectivity index is 1.90. The minimum Gasteiger partial charge on any atom is -0.396 e.